The van der Waals surface area contributed by atoms with Crippen molar-refractivity contribution < 1.29 is 49.3 Å². The van der Waals surface area contributed by atoms with Crippen LogP contribution in [0.1, 0.15) is 82.5 Å². The Labute approximate surface area is 322 Å². The Hall–Kier alpha value is -3.96. The number of unbranched alkanes of at least 4 members (excludes halogenated alkanes) is 4. The van der Waals surface area contributed by atoms with E-state index in [1.54, 1.807) is 29.7 Å². The van der Waals surface area contributed by atoms with Crippen molar-refractivity contribution in [3.63, 3.8) is 0 Å². The Morgan fingerprint density at radius 2 is 1.42 bits per heavy atom. The minimum Gasteiger partial charge on any atom is -1.00 e. The van der Waals surface area contributed by atoms with E-state index in [2.05, 4.69) is 0 Å². The van der Waals surface area contributed by atoms with Crippen LogP contribution in [-0.4, -0.2) is 67.5 Å². The van der Waals surface area contributed by atoms with Gasteiger partial charge < -0.3 is 45.1 Å². The third kappa shape index (κ3) is 9.59. The molecule has 11 heteroatoms. The van der Waals surface area contributed by atoms with Crippen molar-refractivity contribution in [1.82, 2.24) is 4.57 Å². The fourth-order valence-electron chi connectivity index (χ4n) is 7.98. The summed E-state index contributed by atoms with van der Waals surface area (Å²) in [6.07, 6.45) is 11.5. The molecular weight excluding hydrogens is 744 g/mol. The minimum atomic E-state index is -0.818. The summed E-state index contributed by atoms with van der Waals surface area (Å²) in [6, 6.07) is 13.6. The van der Waals surface area contributed by atoms with Crippen LogP contribution in [0, 0.1) is 17.6 Å². The Bertz CT molecular complexity index is 1870. The van der Waals surface area contributed by atoms with E-state index in [0.717, 1.165) is 37.0 Å². The average molecular weight is 797 g/mol. The Balaban J connectivity index is 0.00000541. The lowest BCUT2D eigenvalue weighted by Crippen LogP contribution is -3.00. The summed E-state index contributed by atoms with van der Waals surface area (Å²) >= 11 is 0. The number of carbonyl (C=O) groups is 1. The van der Waals surface area contributed by atoms with E-state index in [-0.39, 0.29) is 34.8 Å². The van der Waals surface area contributed by atoms with Gasteiger partial charge in [-0.25, -0.2) is 8.78 Å². The molecule has 7 rings (SSSR count). The Morgan fingerprint density at radius 3 is 2.04 bits per heavy atom. The third-order valence-electron chi connectivity index (χ3n) is 10.8. The summed E-state index contributed by atoms with van der Waals surface area (Å²) in [5, 5.41) is 0.295. The highest BCUT2D eigenvalue weighted by molar-refractivity contribution is 6.07. The molecule has 8 nitrogen and oxygen atoms in total. The van der Waals surface area contributed by atoms with E-state index in [9.17, 15) is 18.4 Å². The van der Waals surface area contributed by atoms with Gasteiger partial charge in [-0.2, -0.15) is 0 Å². The normalized spacial score (nSPS) is 17.7. The van der Waals surface area contributed by atoms with Gasteiger partial charge >= 0.3 is 0 Å². The van der Waals surface area contributed by atoms with Crippen LogP contribution in [0.25, 0.3) is 16.6 Å². The van der Waals surface area contributed by atoms with E-state index in [0.29, 0.717) is 53.7 Å². The molecule has 3 aliphatic heterocycles. The number of ether oxygens (including phenoxy) is 3. The second-order valence-electron chi connectivity index (χ2n) is 14.2. The van der Waals surface area contributed by atoms with Crippen molar-refractivity contribution in [2.75, 3.05) is 57.4 Å². The predicted octanol–water partition coefficient (Wildman–Crippen LogP) is 5.70. The standard InChI is InChI=1S/C42H52F2N3O5.BrH/c1-4-45(33-23-31(43)22-32(44)24-33)42(49)39-29-46(34-25-36(50-5-2)27-37(26-34)51-6-3)40-28-35(12-13-38(40)41(39)48)52-21-11-9-7-8-10-17-47-18-14-30(15-19-47)16-20-47;/h12-13,22-30H,4-11,14-21H2,1-3H3;1H/q+1;/p-1. The number of nitrogens with zero attached hydrogens (tertiary/aromatic N) is 3. The molecule has 0 unspecified atom stereocenters. The first-order valence-corrected chi connectivity index (χ1v) is 19.1. The summed E-state index contributed by atoms with van der Waals surface area (Å²) in [4.78, 5) is 29.2. The molecular formula is C42H52BrF2N3O5. The number of piperidine rings is 3. The highest BCUT2D eigenvalue weighted by Crippen LogP contribution is 2.34. The average Bonchev–Trinajstić information content (AvgIpc) is 3.13. The molecule has 3 aromatic carbocycles. The molecule has 0 radical (unpaired) electrons. The maximum atomic E-state index is 14.2. The van der Waals surface area contributed by atoms with Crippen molar-refractivity contribution in [1.29, 1.82) is 0 Å². The van der Waals surface area contributed by atoms with Gasteiger partial charge in [-0.15, -0.1) is 0 Å². The van der Waals surface area contributed by atoms with Crippen LogP contribution in [0.3, 0.4) is 0 Å². The molecule has 286 valence electrons. The monoisotopic (exact) mass is 795 g/mol. The zero-order valence-electron chi connectivity index (χ0n) is 31.2. The van der Waals surface area contributed by atoms with Crippen molar-refractivity contribution in [3.8, 4) is 22.9 Å². The first-order valence-electron chi connectivity index (χ1n) is 19.1. The van der Waals surface area contributed by atoms with Crippen LogP contribution in [0.2, 0.25) is 0 Å². The predicted molar refractivity (Wildman–Crippen MR) is 201 cm³/mol. The molecule has 1 aromatic heterocycles. The summed E-state index contributed by atoms with van der Waals surface area (Å²) in [5.41, 5.74) is 0.506. The van der Waals surface area contributed by atoms with E-state index < -0.39 is 23.0 Å². The summed E-state index contributed by atoms with van der Waals surface area (Å²) in [5.74, 6) is 0.415. The number of benzene rings is 3. The maximum Gasteiger partial charge on any atom is 0.263 e. The van der Waals surface area contributed by atoms with Gasteiger partial charge in [0.25, 0.3) is 5.91 Å². The molecule has 3 saturated heterocycles. The molecule has 0 atom stereocenters. The quantitative estimate of drug-likeness (QED) is 0.102. The maximum absolute atomic E-state index is 14.2. The molecule has 0 N–H and O–H groups in total. The molecule has 3 fully saturated rings. The van der Waals surface area contributed by atoms with Crippen LogP contribution in [0.4, 0.5) is 14.5 Å². The van der Waals surface area contributed by atoms with Gasteiger partial charge in [0.05, 0.1) is 57.2 Å². The zero-order valence-corrected chi connectivity index (χ0v) is 32.8. The van der Waals surface area contributed by atoms with Gasteiger partial charge in [0.2, 0.25) is 5.43 Å². The fraction of sp³-hybridized carbons (Fsp3) is 0.476. The second-order valence-corrected chi connectivity index (χ2v) is 14.2. The van der Waals surface area contributed by atoms with Crippen LogP contribution in [-0.2, 0) is 0 Å². The lowest BCUT2D eigenvalue weighted by Gasteiger charge is -2.49. The zero-order chi connectivity index (χ0) is 36.7. The Morgan fingerprint density at radius 1 is 0.792 bits per heavy atom. The molecule has 0 spiro atoms. The van der Waals surface area contributed by atoms with E-state index in [4.69, 9.17) is 14.2 Å². The summed E-state index contributed by atoms with van der Waals surface area (Å²) in [6.45, 7) is 12.4. The molecule has 53 heavy (non-hydrogen) atoms. The molecule has 1 amide bonds. The number of fused-ring (bicyclic) bond motifs is 4. The van der Waals surface area contributed by atoms with Gasteiger partial charge in [-0.3, -0.25) is 9.59 Å². The summed E-state index contributed by atoms with van der Waals surface area (Å²) in [7, 11) is 0. The lowest BCUT2D eigenvalue weighted by molar-refractivity contribution is -0.942. The fourth-order valence-corrected chi connectivity index (χ4v) is 7.98. The van der Waals surface area contributed by atoms with Crippen LogP contribution in [0.5, 0.6) is 17.2 Å². The van der Waals surface area contributed by atoms with E-state index in [1.165, 1.54) is 80.3 Å². The molecule has 0 saturated carbocycles. The smallest absolute Gasteiger partial charge is 0.263 e. The number of halogens is 3. The van der Waals surface area contributed by atoms with Gasteiger partial charge in [-0.1, -0.05) is 12.8 Å². The van der Waals surface area contributed by atoms with Gasteiger partial charge in [0.15, 0.2) is 0 Å². The van der Waals surface area contributed by atoms with Gasteiger partial charge in [-0.05, 0) is 89.5 Å². The minimum absolute atomic E-state index is 0. The topological polar surface area (TPSA) is 70.0 Å². The number of anilines is 1. The highest BCUT2D eigenvalue weighted by atomic mass is 79.9. The van der Waals surface area contributed by atoms with E-state index >= 15 is 0 Å². The van der Waals surface area contributed by atoms with Crippen molar-refractivity contribution in [2.45, 2.75) is 72.1 Å². The number of quaternary nitrogens is 1. The van der Waals surface area contributed by atoms with E-state index in [1.807, 2.05) is 32.0 Å². The first-order chi connectivity index (χ1) is 25.2. The van der Waals surface area contributed by atoms with Crippen LogP contribution >= 0.6 is 0 Å². The number of rotatable bonds is 17. The van der Waals surface area contributed by atoms with Gasteiger partial charge in [0.1, 0.15) is 34.4 Å². The number of hydrogen-bond donors (Lipinski definition) is 0. The third-order valence-corrected chi connectivity index (χ3v) is 10.8. The summed E-state index contributed by atoms with van der Waals surface area (Å²) < 4.78 is 49.4. The van der Waals surface area contributed by atoms with Crippen LogP contribution < -0.4 is 41.5 Å². The molecule has 4 heterocycles. The molecule has 2 bridgehead atoms. The number of amides is 1. The molecule has 3 aliphatic rings. The van der Waals surface area contributed by atoms with Crippen molar-refractivity contribution in [3.05, 3.63) is 88.2 Å². The van der Waals surface area contributed by atoms with Crippen molar-refractivity contribution in [2.24, 2.45) is 5.92 Å². The second kappa shape index (κ2) is 18.4. The Kier molecular flexibility index (Phi) is 14.0. The number of aromatic nitrogens is 1. The number of pyridine rings is 1. The van der Waals surface area contributed by atoms with Crippen LogP contribution in [0.15, 0.2) is 65.6 Å². The van der Waals surface area contributed by atoms with Crippen molar-refractivity contribution >= 4 is 22.5 Å². The lowest BCUT2D eigenvalue weighted by atomic mass is 9.85. The molecule has 4 aromatic rings. The SMILES string of the molecule is CCOc1cc(OCC)cc(-n2cc(C(=O)N(CC)c3cc(F)cc(F)c3)c(=O)c3ccc(OCCCCCCC[N+]45CCC(CC4)CC5)cc32)c1.[Br-]. The first kappa shape index (κ1) is 40.2. The number of carbonyl (C=O) groups excluding carboxylic acids is 1. The molecule has 0 aliphatic carbocycles. The van der Waals surface area contributed by atoms with Gasteiger partial charge in [0, 0.05) is 54.1 Å². The number of hydrogen-bond acceptors (Lipinski definition) is 5. The highest BCUT2D eigenvalue weighted by Gasteiger charge is 2.38. The largest absolute Gasteiger partial charge is 1.00 e.